The van der Waals surface area contributed by atoms with Crippen LogP contribution < -0.4 is 5.32 Å². The van der Waals surface area contributed by atoms with Gasteiger partial charge < -0.3 is 5.32 Å². The van der Waals surface area contributed by atoms with Gasteiger partial charge >= 0.3 is 6.18 Å². The molecule has 1 aromatic carbocycles. The number of hydrogen-bond acceptors (Lipinski definition) is 1. The van der Waals surface area contributed by atoms with Crippen LogP contribution in [0.15, 0.2) is 18.2 Å². The molecule has 0 fully saturated rings. The Hall–Kier alpha value is -0.810. The number of nitrogens with one attached hydrogen (secondary N) is 1. The minimum atomic E-state index is -4.20. The molecule has 0 bridgehead atoms. The minimum Gasteiger partial charge on any atom is -0.314 e. The zero-order chi connectivity index (χ0) is 15.2. The first-order valence-corrected chi connectivity index (χ1v) is 6.94. The predicted molar refractivity (Wildman–Crippen MR) is 72.5 cm³/mol. The third kappa shape index (κ3) is 6.09. The Morgan fingerprint density at radius 2 is 2.00 bits per heavy atom. The van der Waals surface area contributed by atoms with E-state index in [2.05, 4.69) is 5.32 Å². The summed E-state index contributed by atoms with van der Waals surface area (Å²) in [5.41, 5.74) is 0.268. The van der Waals surface area contributed by atoms with Gasteiger partial charge in [-0.3, -0.25) is 0 Å². The van der Waals surface area contributed by atoms with E-state index in [9.17, 15) is 17.6 Å². The molecule has 114 valence electrons. The largest absolute Gasteiger partial charge is 0.389 e. The van der Waals surface area contributed by atoms with Crippen molar-refractivity contribution in [1.29, 1.82) is 0 Å². The summed E-state index contributed by atoms with van der Waals surface area (Å²) < 4.78 is 50.6. The Labute approximate surface area is 121 Å². The van der Waals surface area contributed by atoms with Gasteiger partial charge in [0, 0.05) is 23.0 Å². The summed E-state index contributed by atoms with van der Waals surface area (Å²) in [6.45, 7) is 2.51. The first kappa shape index (κ1) is 17.2. The maximum absolute atomic E-state index is 13.7. The lowest BCUT2D eigenvalue weighted by molar-refractivity contribution is -0.136. The molecule has 0 radical (unpaired) electrons. The highest BCUT2D eigenvalue weighted by molar-refractivity contribution is 6.31. The van der Waals surface area contributed by atoms with Crippen molar-refractivity contribution < 1.29 is 17.6 Å². The van der Waals surface area contributed by atoms with Gasteiger partial charge in [0.05, 0.1) is 0 Å². The van der Waals surface area contributed by atoms with E-state index in [1.807, 2.05) is 6.92 Å². The van der Waals surface area contributed by atoms with Crippen LogP contribution in [0.1, 0.15) is 31.7 Å². The molecule has 0 heterocycles. The monoisotopic (exact) mass is 311 g/mol. The van der Waals surface area contributed by atoms with Gasteiger partial charge in [0.25, 0.3) is 0 Å². The van der Waals surface area contributed by atoms with Crippen molar-refractivity contribution in [3.63, 3.8) is 0 Å². The van der Waals surface area contributed by atoms with Crippen LogP contribution in [0.4, 0.5) is 17.6 Å². The first-order valence-electron chi connectivity index (χ1n) is 6.56. The van der Waals surface area contributed by atoms with Gasteiger partial charge in [-0.2, -0.15) is 13.2 Å². The second-order valence-electron chi connectivity index (χ2n) is 4.71. The number of hydrogen-bond donors (Lipinski definition) is 1. The second kappa shape index (κ2) is 7.84. The molecule has 1 rings (SSSR count). The van der Waals surface area contributed by atoms with Gasteiger partial charge in [0.1, 0.15) is 5.82 Å². The van der Waals surface area contributed by atoms with Crippen molar-refractivity contribution in [2.45, 2.75) is 44.8 Å². The first-order chi connectivity index (χ1) is 9.33. The van der Waals surface area contributed by atoms with Crippen LogP contribution in [0.25, 0.3) is 0 Å². The van der Waals surface area contributed by atoms with Crippen molar-refractivity contribution in [3.8, 4) is 0 Å². The van der Waals surface area contributed by atoms with E-state index in [0.29, 0.717) is 6.54 Å². The van der Waals surface area contributed by atoms with Gasteiger partial charge in [-0.1, -0.05) is 24.6 Å². The number of benzene rings is 1. The molecule has 0 saturated carbocycles. The van der Waals surface area contributed by atoms with Crippen LogP contribution in [0.5, 0.6) is 0 Å². The predicted octanol–water partition coefficient (Wildman–Crippen LogP) is 4.73. The Morgan fingerprint density at radius 1 is 1.30 bits per heavy atom. The van der Waals surface area contributed by atoms with Gasteiger partial charge in [0.15, 0.2) is 0 Å². The number of rotatable bonds is 7. The van der Waals surface area contributed by atoms with Crippen molar-refractivity contribution >= 4 is 11.6 Å². The molecule has 0 aliphatic carbocycles. The molecule has 0 saturated heterocycles. The maximum Gasteiger partial charge on any atom is 0.389 e. The van der Waals surface area contributed by atoms with Crippen LogP contribution in [-0.2, 0) is 6.42 Å². The standard InChI is InChI=1S/C14H18ClF4N/c1-2-8-20-10(6-7-14(17,18)19)9-11-12(15)4-3-5-13(11)16/h3-5,10,20H,2,6-9H2,1H3. The Balaban J connectivity index is 2.73. The summed E-state index contributed by atoms with van der Waals surface area (Å²) in [5, 5.41) is 3.27. The zero-order valence-electron chi connectivity index (χ0n) is 11.2. The van der Waals surface area contributed by atoms with E-state index in [1.54, 1.807) is 6.07 Å². The lowest BCUT2D eigenvalue weighted by atomic mass is 10.0. The molecule has 1 N–H and O–H groups in total. The van der Waals surface area contributed by atoms with E-state index in [0.717, 1.165) is 6.42 Å². The smallest absolute Gasteiger partial charge is 0.314 e. The normalized spacial score (nSPS) is 13.5. The van der Waals surface area contributed by atoms with E-state index in [1.165, 1.54) is 12.1 Å². The van der Waals surface area contributed by atoms with Gasteiger partial charge in [-0.05, 0) is 37.9 Å². The highest BCUT2D eigenvalue weighted by Crippen LogP contribution is 2.25. The van der Waals surface area contributed by atoms with Crippen LogP contribution in [0.3, 0.4) is 0 Å². The molecule has 0 aliphatic rings. The van der Waals surface area contributed by atoms with Gasteiger partial charge in [0.2, 0.25) is 0 Å². The van der Waals surface area contributed by atoms with E-state index in [-0.39, 0.29) is 23.4 Å². The molecule has 0 spiro atoms. The number of alkyl halides is 3. The number of halogens is 5. The lowest BCUT2D eigenvalue weighted by Gasteiger charge is -2.20. The molecule has 1 unspecified atom stereocenters. The fourth-order valence-corrected chi connectivity index (χ4v) is 2.18. The van der Waals surface area contributed by atoms with Crippen LogP contribution in [0.2, 0.25) is 5.02 Å². The van der Waals surface area contributed by atoms with E-state index < -0.39 is 24.5 Å². The molecule has 0 aromatic heterocycles. The van der Waals surface area contributed by atoms with Crippen molar-refractivity contribution in [2.24, 2.45) is 0 Å². The van der Waals surface area contributed by atoms with E-state index >= 15 is 0 Å². The van der Waals surface area contributed by atoms with Crippen molar-refractivity contribution in [3.05, 3.63) is 34.6 Å². The molecular formula is C14H18ClF4N. The topological polar surface area (TPSA) is 12.0 Å². The molecule has 1 aromatic rings. The third-order valence-electron chi connectivity index (χ3n) is 2.97. The fourth-order valence-electron chi connectivity index (χ4n) is 1.94. The molecule has 6 heteroatoms. The van der Waals surface area contributed by atoms with Crippen LogP contribution >= 0.6 is 11.6 Å². The molecule has 1 nitrogen and oxygen atoms in total. The second-order valence-corrected chi connectivity index (χ2v) is 5.12. The van der Waals surface area contributed by atoms with Crippen molar-refractivity contribution in [1.82, 2.24) is 5.32 Å². The minimum absolute atomic E-state index is 0.0891. The van der Waals surface area contributed by atoms with Gasteiger partial charge in [-0.25, -0.2) is 4.39 Å². The Morgan fingerprint density at radius 3 is 2.55 bits per heavy atom. The summed E-state index contributed by atoms with van der Waals surface area (Å²) in [4.78, 5) is 0. The highest BCUT2D eigenvalue weighted by Gasteiger charge is 2.28. The average Bonchev–Trinajstić information content (AvgIpc) is 2.35. The van der Waals surface area contributed by atoms with E-state index in [4.69, 9.17) is 11.6 Å². The summed E-state index contributed by atoms with van der Waals surface area (Å²) in [7, 11) is 0. The molecular weight excluding hydrogens is 294 g/mol. The van der Waals surface area contributed by atoms with Gasteiger partial charge in [-0.15, -0.1) is 0 Å². The summed E-state index contributed by atoms with van der Waals surface area (Å²) in [6, 6.07) is 3.85. The molecule has 0 amide bonds. The summed E-state index contributed by atoms with van der Waals surface area (Å²) in [6.07, 6.45) is -4.23. The lowest BCUT2D eigenvalue weighted by Crippen LogP contribution is -2.33. The Kier molecular flexibility index (Phi) is 6.76. The average molecular weight is 312 g/mol. The van der Waals surface area contributed by atoms with Crippen molar-refractivity contribution in [2.75, 3.05) is 6.54 Å². The fraction of sp³-hybridized carbons (Fsp3) is 0.571. The zero-order valence-corrected chi connectivity index (χ0v) is 12.0. The highest BCUT2D eigenvalue weighted by atomic mass is 35.5. The molecule has 20 heavy (non-hydrogen) atoms. The summed E-state index contributed by atoms with van der Waals surface area (Å²) >= 11 is 5.91. The summed E-state index contributed by atoms with van der Waals surface area (Å²) in [5.74, 6) is -0.479. The molecule has 0 aliphatic heterocycles. The Bertz CT molecular complexity index is 400. The quantitative estimate of drug-likeness (QED) is 0.718. The molecule has 1 atom stereocenters. The maximum atomic E-state index is 13.7. The van der Waals surface area contributed by atoms with Crippen LogP contribution in [0, 0.1) is 5.82 Å². The van der Waals surface area contributed by atoms with Crippen LogP contribution in [-0.4, -0.2) is 18.8 Å². The SMILES string of the molecule is CCCNC(CCC(F)(F)F)Cc1c(F)cccc1Cl. The third-order valence-corrected chi connectivity index (χ3v) is 3.33.